The van der Waals surface area contributed by atoms with Gasteiger partial charge in [0.1, 0.15) is 5.52 Å². The van der Waals surface area contributed by atoms with Crippen molar-refractivity contribution in [2.75, 3.05) is 0 Å². The van der Waals surface area contributed by atoms with Gasteiger partial charge in [0.25, 0.3) is 0 Å². The number of nitrogens with one attached hydrogen (secondary N) is 1. The van der Waals surface area contributed by atoms with E-state index >= 15 is 0 Å². The second kappa shape index (κ2) is 3.88. The van der Waals surface area contributed by atoms with Crippen LogP contribution in [0.5, 0.6) is 0 Å². The molecule has 1 N–H and O–H groups in total. The van der Waals surface area contributed by atoms with Crippen LogP contribution in [-0.4, -0.2) is 13.7 Å². The summed E-state index contributed by atoms with van der Waals surface area (Å²) in [5.41, 5.74) is 4.50. The number of hydrogen-bond donors (Lipinski definition) is 1. The normalized spacial score (nSPS) is 12.0. The van der Waals surface area contributed by atoms with Gasteiger partial charge in [-0.15, -0.1) is 22.7 Å². The highest BCUT2D eigenvalue weighted by Crippen LogP contribution is 2.42. The quantitative estimate of drug-likeness (QED) is 0.467. The number of aromatic nitrogens is 3. The number of rotatable bonds is 1. The van der Waals surface area contributed by atoms with Crippen LogP contribution < -0.4 is 0 Å². The summed E-state index contributed by atoms with van der Waals surface area (Å²) in [4.78, 5) is 5.76. The lowest BCUT2D eigenvalue weighted by Crippen LogP contribution is -1.79. The molecular formula is C14H7N3S3. The maximum Gasteiger partial charge on any atom is 0.112 e. The van der Waals surface area contributed by atoms with E-state index in [9.17, 15) is 0 Å². The van der Waals surface area contributed by atoms with Crippen LogP contribution in [0.15, 0.2) is 35.8 Å². The van der Waals surface area contributed by atoms with Crippen LogP contribution >= 0.6 is 34.4 Å². The molecule has 20 heavy (non-hydrogen) atoms. The molecule has 0 atom stereocenters. The van der Waals surface area contributed by atoms with Gasteiger partial charge in [-0.2, -0.15) is 4.37 Å². The van der Waals surface area contributed by atoms with Crippen molar-refractivity contribution in [3.05, 3.63) is 35.8 Å². The lowest BCUT2D eigenvalue weighted by atomic mass is 10.1. The Morgan fingerprint density at radius 2 is 2.15 bits per heavy atom. The number of hydrogen-bond acceptors (Lipinski definition) is 5. The van der Waals surface area contributed by atoms with E-state index in [2.05, 4.69) is 43.4 Å². The van der Waals surface area contributed by atoms with Crippen molar-refractivity contribution in [3.8, 4) is 10.4 Å². The average molecular weight is 313 g/mol. The van der Waals surface area contributed by atoms with E-state index in [1.54, 1.807) is 22.7 Å². The number of fused-ring (bicyclic) bond motifs is 5. The Balaban J connectivity index is 2.05. The van der Waals surface area contributed by atoms with Crippen LogP contribution in [0.4, 0.5) is 0 Å². The summed E-state index contributed by atoms with van der Waals surface area (Å²) in [5, 5.41) is 3.33. The molecule has 0 aliphatic rings. The molecule has 96 valence electrons. The molecule has 4 heterocycles. The van der Waals surface area contributed by atoms with Crippen molar-refractivity contribution >= 4 is 65.7 Å². The van der Waals surface area contributed by atoms with Gasteiger partial charge in [-0.3, -0.25) is 9.36 Å². The topological polar surface area (TPSA) is 41.6 Å². The molecule has 1 aromatic carbocycles. The minimum atomic E-state index is 1.06. The van der Waals surface area contributed by atoms with E-state index in [0.717, 1.165) is 16.6 Å². The minimum absolute atomic E-state index is 1.06. The summed E-state index contributed by atoms with van der Waals surface area (Å²) in [7, 11) is 0. The van der Waals surface area contributed by atoms with Gasteiger partial charge in [0.05, 0.1) is 20.4 Å². The summed E-state index contributed by atoms with van der Waals surface area (Å²) in [6, 6.07) is 8.54. The summed E-state index contributed by atoms with van der Waals surface area (Å²) < 4.78 is 10.4. The third-order valence-electron chi connectivity index (χ3n) is 3.45. The van der Waals surface area contributed by atoms with E-state index in [-0.39, 0.29) is 0 Å². The molecule has 5 rings (SSSR count). The molecule has 0 bridgehead atoms. The van der Waals surface area contributed by atoms with Crippen molar-refractivity contribution in [2.24, 2.45) is 0 Å². The molecule has 0 aliphatic heterocycles. The second-order valence-corrected chi connectivity index (χ2v) is 7.12. The number of thiophene rings is 2. The van der Waals surface area contributed by atoms with E-state index in [0.29, 0.717) is 0 Å². The number of H-pyrrole nitrogens is 1. The fourth-order valence-corrected chi connectivity index (χ4v) is 5.13. The molecule has 0 fully saturated rings. The molecule has 0 saturated heterocycles. The predicted octanol–water partition coefficient (Wildman–Crippen LogP) is 5.12. The molecule has 0 radical (unpaired) electrons. The molecule has 0 amide bonds. The molecule has 4 aromatic heterocycles. The van der Waals surface area contributed by atoms with Gasteiger partial charge in [-0.05, 0) is 23.6 Å². The highest BCUT2D eigenvalue weighted by Gasteiger charge is 2.16. The van der Waals surface area contributed by atoms with Crippen molar-refractivity contribution in [1.29, 1.82) is 0 Å². The molecule has 0 aliphatic carbocycles. The lowest BCUT2D eigenvalue weighted by molar-refractivity contribution is 1.49. The lowest BCUT2D eigenvalue weighted by Gasteiger charge is -2.00. The van der Waals surface area contributed by atoms with Crippen LogP contribution in [0.3, 0.4) is 0 Å². The first-order chi connectivity index (χ1) is 9.92. The summed E-state index contributed by atoms with van der Waals surface area (Å²) >= 11 is 4.94. The molecular weight excluding hydrogens is 306 g/mol. The van der Waals surface area contributed by atoms with Crippen LogP contribution in [0, 0.1) is 0 Å². The van der Waals surface area contributed by atoms with Gasteiger partial charge in [-0.1, -0.05) is 6.07 Å². The molecule has 5 aromatic rings. The maximum absolute atomic E-state index is 4.56. The third-order valence-corrected chi connectivity index (χ3v) is 6.10. The van der Waals surface area contributed by atoms with Crippen LogP contribution in [-0.2, 0) is 0 Å². The number of nitrogens with zero attached hydrogens (tertiary/aromatic N) is 2. The standard InChI is InChI=1S/C14H7N3S3/c1-2-9(18-5-1)7-6-8-11-10(3-4-15-11)19-14(8)13-12(7)16-20-17-13/h1-6,17H. The van der Waals surface area contributed by atoms with Crippen LogP contribution in [0.2, 0.25) is 0 Å². The summed E-state index contributed by atoms with van der Waals surface area (Å²) in [5.74, 6) is 0. The first-order valence-electron chi connectivity index (χ1n) is 6.09. The number of aromatic amines is 1. The maximum atomic E-state index is 4.56. The number of benzene rings is 1. The first-order valence-corrected chi connectivity index (χ1v) is 8.56. The molecule has 3 nitrogen and oxygen atoms in total. The Kier molecular flexibility index (Phi) is 2.13. The van der Waals surface area contributed by atoms with Gasteiger partial charge < -0.3 is 0 Å². The van der Waals surface area contributed by atoms with E-state index < -0.39 is 0 Å². The Morgan fingerprint density at radius 1 is 1.15 bits per heavy atom. The highest BCUT2D eigenvalue weighted by atomic mass is 32.1. The second-order valence-electron chi connectivity index (χ2n) is 4.55. The Bertz CT molecular complexity index is 1050. The van der Waals surface area contributed by atoms with Gasteiger partial charge in [0.15, 0.2) is 0 Å². The zero-order chi connectivity index (χ0) is 13.1. The van der Waals surface area contributed by atoms with Gasteiger partial charge in [0, 0.05) is 33.8 Å². The molecule has 0 unspecified atom stereocenters. The van der Waals surface area contributed by atoms with Crippen molar-refractivity contribution < 1.29 is 0 Å². The fraction of sp³-hybridized carbons (Fsp3) is 0. The van der Waals surface area contributed by atoms with Crippen molar-refractivity contribution in [3.63, 3.8) is 0 Å². The van der Waals surface area contributed by atoms with Crippen LogP contribution in [0.25, 0.3) is 41.8 Å². The highest BCUT2D eigenvalue weighted by molar-refractivity contribution is 7.26. The Labute approximate surface area is 125 Å². The minimum Gasteiger partial charge on any atom is -0.292 e. The SMILES string of the molecule is c1csc(-c2cc3c4nccc4sc3c3[nH]snc23)c1. The van der Waals surface area contributed by atoms with Crippen molar-refractivity contribution in [1.82, 2.24) is 13.7 Å². The Morgan fingerprint density at radius 3 is 3.05 bits per heavy atom. The molecule has 6 heteroatoms. The van der Waals surface area contributed by atoms with Gasteiger partial charge in [0.2, 0.25) is 0 Å². The summed E-state index contributed by atoms with van der Waals surface area (Å²) in [6.07, 6.45) is 1.88. The zero-order valence-electron chi connectivity index (χ0n) is 10.1. The van der Waals surface area contributed by atoms with Crippen LogP contribution in [0.1, 0.15) is 0 Å². The Hall–Kier alpha value is -1.76. The predicted molar refractivity (Wildman–Crippen MR) is 88.0 cm³/mol. The largest absolute Gasteiger partial charge is 0.292 e. The summed E-state index contributed by atoms with van der Waals surface area (Å²) in [6.45, 7) is 0. The smallest absolute Gasteiger partial charge is 0.112 e. The van der Waals surface area contributed by atoms with Gasteiger partial charge in [-0.25, -0.2) is 0 Å². The van der Waals surface area contributed by atoms with E-state index in [1.165, 1.54) is 37.0 Å². The van der Waals surface area contributed by atoms with E-state index in [1.807, 2.05) is 6.20 Å². The van der Waals surface area contributed by atoms with E-state index in [4.69, 9.17) is 0 Å². The molecule has 0 saturated carbocycles. The average Bonchev–Trinajstić information content (AvgIpc) is 3.21. The fourth-order valence-electron chi connectivity index (χ4n) is 2.58. The molecule has 0 spiro atoms. The monoisotopic (exact) mass is 313 g/mol. The zero-order valence-corrected chi connectivity index (χ0v) is 12.5. The van der Waals surface area contributed by atoms with Gasteiger partial charge >= 0.3 is 0 Å². The first kappa shape index (κ1) is 11.0. The van der Waals surface area contributed by atoms with Crippen molar-refractivity contribution in [2.45, 2.75) is 0 Å². The third kappa shape index (κ3) is 1.33.